The highest BCUT2D eigenvalue weighted by atomic mass is 15.1. The first-order valence-corrected chi connectivity index (χ1v) is 4.24. The molecule has 68 valence electrons. The molecule has 0 saturated heterocycles. The Morgan fingerprint density at radius 3 is 2.54 bits per heavy atom. The van der Waals surface area contributed by atoms with Gasteiger partial charge in [-0.05, 0) is 24.3 Å². The predicted octanol–water partition coefficient (Wildman–Crippen LogP) is 1.73. The second-order valence-electron chi connectivity index (χ2n) is 2.97. The van der Waals surface area contributed by atoms with Crippen molar-refractivity contribution in [2.75, 3.05) is 24.2 Å². The molecular weight excluding hydrogens is 160 g/mol. The van der Waals surface area contributed by atoms with Crippen LogP contribution in [0, 0.1) is 12.3 Å². The highest BCUT2D eigenvalue weighted by molar-refractivity contribution is 5.52. The van der Waals surface area contributed by atoms with E-state index in [2.05, 4.69) is 10.8 Å². The number of nitrogens with zero attached hydrogens (tertiary/aromatic N) is 1. The van der Waals surface area contributed by atoms with Gasteiger partial charge < -0.3 is 10.6 Å². The van der Waals surface area contributed by atoms with Crippen LogP contribution in [0.2, 0.25) is 0 Å². The monoisotopic (exact) mass is 174 g/mol. The van der Waals surface area contributed by atoms with E-state index in [1.807, 2.05) is 31.3 Å². The number of anilines is 2. The topological polar surface area (TPSA) is 29.3 Å². The summed E-state index contributed by atoms with van der Waals surface area (Å²) in [4.78, 5) is 2.11. The zero-order chi connectivity index (χ0) is 9.68. The molecule has 0 unspecified atom stereocenters. The molecule has 0 amide bonds. The van der Waals surface area contributed by atoms with E-state index < -0.39 is 0 Å². The Morgan fingerprint density at radius 1 is 1.38 bits per heavy atom. The normalized spacial score (nSPS) is 9.23. The Hall–Kier alpha value is -1.62. The summed E-state index contributed by atoms with van der Waals surface area (Å²) in [5.74, 6) is 2.61. The van der Waals surface area contributed by atoms with Crippen molar-refractivity contribution in [2.45, 2.75) is 6.42 Å². The molecule has 0 aromatic heterocycles. The minimum absolute atomic E-state index is 0.765. The zero-order valence-electron chi connectivity index (χ0n) is 7.83. The molecule has 0 heterocycles. The maximum absolute atomic E-state index is 5.58. The van der Waals surface area contributed by atoms with Crippen molar-refractivity contribution < 1.29 is 0 Å². The summed E-state index contributed by atoms with van der Waals surface area (Å²) in [6, 6.07) is 7.76. The highest BCUT2D eigenvalue weighted by Gasteiger charge is 1.97. The van der Waals surface area contributed by atoms with Crippen molar-refractivity contribution in [3.8, 4) is 12.3 Å². The maximum atomic E-state index is 5.58. The first kappa shape index (κ1) is 9.47. The van der Waals surface area contributed by atoms with E-state index in [0.29, 0.717) is 0 Å². The summed E-state index contributed by atoms with van der Waals surface area (Å²) < 4.78 is 0. The van der Waals surface area contributed by atoms with E-state index in [-0.39, 0.29) is 0 Å². The van der Waals surface area contributed by atoms with Crippen LogP contribution in [0.5, 0.6) is 0 Å². The van der Waals surface area contributed by atoms with Crippen LogP contribution in [-0.2, 0) is 0 Å². The zero-order valence-corrected chi connectivity index (χ0v) is 7.83. The Kier molecular flexibility index (Phi) is 3.22. The molecule has 1 aromatic carbocycles. The lowest BCUT2D eigenvalue weighted by Crippen LogP contribution is -2.17. The average Bonchev–Trinajstić information content (AvgIpc) is 2.15. The molecule has 2 N–H and O–H groups in total. The molecule has 0 fully saturated rings. The second kappa shape index (κ2) is 4.42. The van der Waals surface area contributed by atoms with Gasteiger partial charge in [0.2, 0.25) is 0 Å². The molecule has 1 aromatic rings. The summed E-state index contributed by atoms with van der Waals surface area (Å²) in [7, 11) is 2.02. The number of rotatable bonds is 3. The number of nitrogen functional groups attached to an aromatic ring is 1. The molecule has 0 atom stereocenters. The van der Waals surface area contributed by atoms with Gasteiger partial charge in [-0.1, -0.05) is 0 Å². The fourth-order valence-corrected chi connectivity index (χ4v) is 1.09. The summed E-state index contributed by atoms with van der Waals surface area (Å²) in [5.41, 5.74) is 7.51. The van der Waals surface area contributed by atoms with Crippen LogP contribution in [-0.4, -0.2) is 13.6 Å². The van der Waals surface area contributed by atoms with E-state index in [1.165, 1.54) is 0 Å². The van der Waals surface area contributed by atoms with Crippen molar-refractivity contribution in [1.29, 1.82) is 0 Å². The van der Waals surface area contributed by atoms with Crippen molar-refractivity contribution in [3.05, 3.63) is 24.3 Å². The van der Waals surface area contributed by atoms with E-state index in [1.54, 1.807) is 0 Å². The molecule has 0 bridgehead atoms. The Morgan fingerprint density at radius 2 is 2.00 bits per heavy atom. The molecule has 2 nitrogen and oxygen atoms in total. The maximum Gasteiger partial charge on any atom is 0.0365 e. The van der Waals surface area contributed by atoms with Crippen molar-refractivity contribution in [3.63, 3.8) is 0 Å². The molecule has 0 aliphatic rings. The third-order valence-corrected chi connectivity index (χ3v) is 1.93. The largest absolute Gasteiger partial charge is 0.399 e. The molecule has 0 aliphatic carbocycles. The summed E-state index contributed by atoms with van der Waals surface area (Å²) in [6.07, 6.45) is 5.95. The minimum Gasteiger partial charge on any atom is -0.399 e. The molecule has 0 spiro atoms. The van der Waals surface area contributed by atoms with Gasteiger partial charge in [0.05, 0.1) is 0 Å². The molecular formula is C11H14N2. The molecule has 0 saturated carbocycles. The highest BCUT2D eigenvalue weighted by Crippen LogP contribution is 2.14. The van der Waals surface area contributed by atoms with Crippen LogP contribution >= 0.6 is 0 Å². The van der Waals surface area contributed by atoms with Crippen LogP contribution in [0.3, 0.4) is 0 Å². The third-order valence-electron chi connectivity index (χ3n) is 1.93. The lowest BCUT2D eigenvalue weighted by atomic mass is 10.2. The van der Waals surface area contributed by atoms with Gasteiger partial charge in [-0.2, -0.15) is 0 Å². The summed E-state index contributed by atoms with van der Waals surface area (Å²) >= 11 is 0. The van der Waals surface area contributed by atoms with Gasteiger partial charge in [-0.15, -0.1) is 12.3 Å². The number of hydrogen-bond acceptors (Lipinski definition) is 2. The number of nitrogens with two attached hydrogens (primary N) is 1. The van der Waals surface area contributed by atoms with Crippen molar-refractivity contribution >= 4 is 11.4 Å². The Bertz CT molecular complexity index is 295. The summed E-state index contributed by atoms with van der Waals surface area (Å²) in [5, 5.41) is 0. The molecule has 13 heavy (non-hydrogen) atoms. The predicted molar refractivity (Wildman–Crippen MR) is 57.6 cm³/mol. The van der Waals surface area contributed by atoms with Gasteiger partial charge in [0.25, 0.3) is 0 Å². The van der Waals surface area contributed by atoms with Crippen molar-refractivity contribution in [2.24, 2.45) is 0 Å². The van der Waals surface area contributed by atoms with Crippen molar-refractivity contribution in [1.82, 2.24) is 0 Å². The third kappa shape index (κ3) is 2.72. The van der Waals surface area contributed by atoms with Crippen LogP contribution in [0.25, 0.3) is 0 Å². The average molecular weight is 174 g/mol. The van der Waals surface area contributed by atoms with Crippen LogP contribution in [0.4, 0.5) is 11.4 Å². The first-order valence-electron chi connectivity index (χ1n) is 4.24. The Labute approximate surface area is 79.4 Å². The fraction of sp³-hybridized carbons (Fsp3) is 0.273. The SMILES string of the molecule is C#CCCN(C)c1ccc(N)cc1. The number of benzene rings is 1. The molecule has 1 rings (SSSR count). The van der Waals surface area contributed by atoms with E-state index in [4.69, 9.17) is 12.2 Å². The van der Waals surface area contributed by atoms with Gasteiger partial charge >= 0.3 is 0 Å². The lowest BCUT2D eigenvalue weighted by molar-refractivity contribution is 0.913. The van der Waals surface area contributed by atoms with E-state index >= 15 is 0 Å². The van der Waals surface area contributed by atoms with Crippen LogP contribution < -0.4 is 10.6 Å². The first-order chi connectivity index (χ1) is 6.24. The molecule has 0 aliphatic heterocycles. The lowest BCUT2D eigenvalue weighted by Gasteiger charge is -2.17. The quantitative estimate of drug-likeness (QED) is 0.558. The van der Waals surface area contributed by atoms with Crippen LogP contribution in [0.15, 0.2) is 24.3 Å². The van der Waals surface area contributed by atoms with Gasteiger partial charge in [0.1, 0.15) is 0 Å². The summed E-state index contributed by atoms with van der Waals surface area (Å²) in [6.45, 7) is 0.875. The standard InChI is InChI=1S/C11H14N2/c1-3-4-9-13(2)11-7-5-10(12)6-8-11/h1,5-8H,4,9,12H2,2H3. The molecule has 0 radical (unpaired) electrons. The van der Waals surface area contributed by atoms with E-state index in [9.17, 15) is 0 Å². The second-order valence-corrected chi connectivity index (χ2v) is 2.97. The molecule has 2 heteroatoms. The van der Waals surface area contributed by atoms with Gasteiger partial charge in [0, 0.05) is 31.4 Å². The minimum atomic E-state index is 0.765. The van der Waals surface area contributed by atoms with Gasteiger partial charge in [-0.3, -0.25) is 0 Å². The fourth-order valence-electron chi connectivity index (χ4n) is 1.09. The Balaban J connectivity index is 2.62. The smallest absolute Gasteiger partial charge is 0.0365 e. The van der Waals surface area contributed by atoms with E-state index in [0.717, 1.165) is 24.3 Å². The van der Waals surface area contributed by atoms with Gasteiger partial charge in [-0.25, -0.2) is 0 Å². The van der Waals surface area contributed by atoms with Gasteiger partial charge in [0.15, 0.2) is 0 Å². The number of terminal acetylenes is 1. The van der Waals surface area contributed by atoms with Crippen LogP contribution in [0.1, 0.15) is 6.42 Å². The number of hydrogen-bond donors (Lipinski definition) is 1.